The number of rotatable bonds is 6. The van der Waals surface area contributed by atoms with Crippen LogP contribution in [0.15, 0.2) is 53.4 Å². The van der Waals surface area contributed by atoms with Gasteiger partial charge in [-0.15, -0.1) is 0 Å². The van der Waals surface area contributed by atoms with Crippen LogP contribution in [0.1, 0.15) is 36.5 Å². The molecule has 1 fully saturated rings. The zero-order valence-corrected chi connectivity index (χ0v) is 17.4. The van der Waals surface area contributed by atoms with E-state index < -0.39 is 28.5 Å². The minimum Gasteiger partial charge on any atom is -0.508 e. The molecule has 0 aliphatic carbocycles. The van der Waals surface area contributed by atoms with Gasteiger partial charge >= 0.3 is 5.97 Å². The SMILES string of the molecule is CC1CCCCN1S(=O)(=O)c1ccc(C(=O)OCC(=O)Nc2ccc(O)cc2)cc1. The fourth-order valence-electron chi connectivity index (χ4n) is 3.28. The average Bonchev–Trinajstić information content (AvgIpc) is 2.74. The maximum atomic E-state index is 12.8. The third kappa shape index (κ3) is 5.17. The summed E-state index contributed by atoms with van der Waals surface area (Å²) >= 11 is 0. The number of ether oxygens (including phenoxy) is 1. The number of hydrogen-bond donors (Lipinski definition) is 2. The smallest absolute Gasteiger partial charge is 0.338 e. The second kappa shape index (κ2) is 9.27. The molecule has 1 saturated heterocycles. The number of nitrogens with one attached hydrogen (secondary N) is 1. The van der Waals surface area contributed by atoms with Gasteiger partial charge in [0.15, 0.2) is 6.61 Å². The Morgan fingerprint density at radius 2 is 1.77 bits per heavy atom. The van der Waals surface area contributed by atoms with Gasteiger partial charge in [-0.3, -0.25) is 4.79 Å². The number of amides is 1. The monoisotopic (exact) mass is 432 g/mol. The molecular weight excluding hydrogens is 408 g/mol. The maximum absolute atomic E-state index is 12.8. The first kappa shape index (κ1) is 21.8. The normalized spacial score (nSPS) is 17.3. The number of benzene rings is 2. The van der Waals surface area contributed by atoms with Gasteiger partial charge in [-0.05, 0) is 68.3 Å². The third-order valence-corrected chi connectivity index (χ3v) is 6.95. The van der Waals surface area contributed by atoms with E-state index in [1.807, 2.05) is 6.92 Å². The molecule has 2 N–H and O–H groups in total. The lowest BCUT2D eigenvalue weighted by Crippen LogP contribution is -2.41. The van der Waals surface area contributed by atoms with Crippen molar-refractivity contribution in [2.45, 2.75) is 37.1 Å². The Bertz CT molecular complexity index is 1000. The number of hydrogen-bond acceptors (Lipinski definition) is 6. The second-order valence-electron chi connectivity index (χ2n) is 7.16. The summed E-state index contributed by atoms with van der Waals surface area (Å²) in [6, 6.07) is 11.3. The molecule has 0 saturated carbocycles. The van der Waals surface area contributed by atoms with Crippen molar-refractivity contribution in [3.63, 3.8) is 0 Å². The van der Waals surface area contributed by atoms with E-state index in [0.29, 0.717) is 12.2 Å². The third-order valence-electron chi connectivity index (χ3n) is 4.92. The van der Waals surface area contributed by atoms with E-state index in [0.717, 1.165) is 19.3 Å². The Kier molecular flexibility index (Phi) is 6.73. The number of phenols is 1. The van der Waals surface area contributed by atoms with E-state index in [4.69, 9.17) is 4.74 Å². The molecular formula is C21H24N2O6S. The number of anilines is 1. The number of nitrogens with zero attached hydrogens (tertiary/aromatic N) is 1. The van der Waals surface area contributed by atoms with Crippen LogP contribution in [0.2, 0.25) is 0 Å². The predicted molar refractivity (Wildman–Crippen MR) is 111 cm³/mol. The van der Waals surface area contributed by atoms with E-state index in [1.165, 1.54) is 52.8 Å². The molecule has 0 radical (unpaired) electrons. The van der Waals surface area contributed by atoms with Crippen molar-refractivity contribution in [2.24, 2.45) is 0 Å². The van der Waals surface area contributed by atoms with Crippen LogP contribution in [0.3, 0.4) is 0 Å². The number of esters is 1. The van der Waals surface area contributed by atoms with E-state index in [2.05, 4.69) is 5.32 Å². The molecule has 9 heteroatoms. The van der Waals surface area contributed by atoms with Gasteiger partial charge in [-0.2, -0.15) is 4.31 Å². The van der Waals surface area contributed by atoms with Crippen LogP contribution in [-0.2, 0) is 19.6 Å². The first-order chi connectivity index (χ1) is 14.3. The van der Waals surface area contributed by atoms with Crippen molar-refractivity contribution in [2.75, 3.05) is 18.5 Å². The summed E-state index contributed by atoms with van der Waals surface area (Å²) < 4.78 is 32.1. The minimum absolute atomic E-state index is 0.0551. The Labute approximate surface area is 175 Å². The minimum atomic E-state index is -3.62. The first-order valence-corrected chi connectivity index (χ1v) is 11.1. The van der Waals surface area contributed by atoms with Gasteiger partial charge in [0.25, 0.3) is 5.91 Å². The van der Waals surface area contributed by atoms with Gasteiger partial charge in [0.2, 0.25) is 10.0 Å². The standard InChI is InChI=1S/C21H24N2O6S/c1-15-4-2-3-13-23(15)30(27,28)19-11-5-16(6-12-19)21(26)29-14-20(25)22-17-7-9-18(24)10-8-17/h5-12,15,24H,2-4,13-14H2,1H3,(H,22,25). The Hall–Kier alpha value is -2.91. The summed E-state index contributed by atoms with van der Waals surface area (Å²) in [5.74, 6) is -1.20. The van der Waals surface area contributed by atoms with Crippen LogP contribution >= 0.6 is 0 Å². The van der Waals surface area contributed by atoms with Gasteiger partial charge in [-0.1, -0.05) is 6.42 Å². The molecule has 8 nitrogen and oxygen atoms in total. The lowest BCUT2D eigenvalue weighted by atomic mass is 10.1. The molecule has 0 aromatic heterocycles. The van der Waals surface area contributed by atoms with Gasteiger partial charge in [0.05, 0.1) is 10.5 Å². The molecule has 0 spiro atoms. The number of piperidine rings is 1. The summed E-state index contributed by atoms with van der Waals surface area (Å²) in [5, 5.41) is 11.8. The lowest BCUT2D eigenvalue weighted by molar-refractivity contribution is -0.119. The van der Waals surface area contributed by atoms with Crippen molar-refractivity contribution in [1.29, 1.82) is 0 Å². The highest BCUT2D eigenvalue weighted by molar-refractivity contribution is 7.89. The van der Waals surface area contributed by atoms with E-state index in [1.54, 1.807) is 0 Å². The lowest BCUT2D eigenvalue weighted by Gasteiger charge is -2.32. The van der Waals surface area contributed by atoms with E-state index >= 15 is 0 Å². The van der Waals surface area contributed by atoms with Gasteiger partial charge in [-0.25, -0.2) is 13.2 Å². The van der Waals surface area contributed by atoms with Crippen LogP contribution in [0.4, 0.5) is 5.69 Å². The Morgan fingerprint density at radius 3 is 2.40 bits per heavy atom. The molecule has 1 unspecified atom stereocenters. The van der Waals surface area contributed by atoms with Crippen LogP contribution in [0.5, 0.6) is 5.75 Å². The highest BCUT2D eigenvalue weighted by atomic mass is 32.2. The number of carbonyl (C=O) groups excluding carboxylic acids is 2. The molecule has 1 amide bonds. The molecule has 0 bridgehead atoms. The summed E-state index contributed by atoms with van der Waals surface area (Å²) in [4.78, 5) is 24.2. The largest absolute Gasteiger partial charge is 0.508 e. The molecule has 2 aromatic rings. The molecule has 1 atom stereocenters. The number of phenolic OH excluding ortho intramolecular Hbond substituents is 1. The van der Waals surface area contributed by atoms with Crippen LogP contribution in [0.25, 0.3) is 0 Å². The molecule has 3 rings (SSSR count). The molecule has 30 heavy (non-hydrogen) atoms. The average molecular weight is 432 g/mol. The quantitative estimate of drug-likeness (QED) is 0.536. The van der Waals surface area contributed by atoms with Crippen molar-refractivity contribution in [3.8, 4) is 5.75 Å². The number of carbonyl (C=O) groups is 2. The zero-order chi connectivity index (χ0) is 21.7. The fraction of sp³-hybridized carbons (Fsp3) is 0.333. The van der Waals surface area contributed by atoms with Gasteiger partial charge < -0.3 is 15.2 Å². The summed E-state index contributed by atoms with van der Waals surface area (Å²) in [6.07, 6.45) is 2.67. The van der Waals surface area contributed by atoms with Crippen LogP contribution in [0, 0.1) is 0 Å². The summed E-state index contributed by atoms with van der Waals surface area (Å²) in [7, 11) is -3.62. The topological polar surface area (TPSA) is 113 Å². The summed E-state index contributed by atoms with van der Waals surface area (Å²) in [6.45, 7) is 1.89. The van der Waals surface area contributed by atoms with Crippen molar-refractivity contribution in [1.82, 2.24) is 4.31 Å². The number of aromatic hydroxyl groups is 1. The maximum Gasteiger partial charge on any atom is 0.338 e. The van der Waals surface area contributed by atoms with E-state index in [9.17, 15) is 23.1 Å². The molecule has 2 aromatic carbocycles. The van der Waals surface area contributed by atoms with Crippen molar-refractivity contribution < 1.29 is 27.9 Å². The van der Waals surface area contributed by atoms with Gasteiger partial charge in [0, 0.05) is 18.3 Å². The highest BCUT2D eigenvalue weighted by Gasteiger charge is 2.31. The van der Waals surface area contributed by atoms with Crippen molar-refractivity contribution >= 4 is 27.6 Å². The predicted octanol–water partition coefficient (Wildman–Crippen LogP) is 2.75. The Morgan fingerprint density at radius 1 is 1.10 bits per heavy atom. The molecule has 1 heterocycles. The first-order valence-electron chi connectivity index (χ1n) is 9.65. The fourth-order valence-corrected chi connectivity index (χ4v) is 4.98. The zero-order valence-electron chi connectivity index (χ0n) is 16.6. The summed E-state index contributed by atoms with van der Waals surface area (Å²) in [5.41, 5.74) is 0.605. The molecule has 1 aliphatic heterocycles. The van der Waals surface area contributed by atoms with Crippen LogP contribution < -0.4 is 5.32 Å². The number of sulfonamides is 1. The molecule has 1 aliphatic rings. The molecule has 160 valence electrons. The van der Waals surface area contributed by atoms with Crippen LogP contribution in [-0.4, -0.2) is 48.9 Å². The second-order valence-corrected chi connectivity index (χ2v) is 9.05. The van der Waals surface area contributed by atoms with Gasteiger partial charge in [0.1, 0.15) is 5.75 Å². The van der Waals surface area contributed by atoms with Crippen molar-refractivity contribution in [3.05, 3.63) is 54.1 Å². The van der Waals surface area contributed by atoms with E-state index in [-0.39, 0.29) is 22.3 Å². The Balaban J connectivity index is 1.58. The highest BCUT2D eigenvalue weighted by Crippen LogP contribution is 2.25.